The Bertz CT molecular complexity index is 915. The normalized spacial score (nSPS) is 15.2. The quantitative estimate of drug-likeness (QED) is 0.749. The molecule has 0 aliphatic carbocycles. The molecule has 7 heteroatoms. The van der Waals surface area contributed by atoms with Crippen molar-refractivity contribution < 1.29 is 4.79 Å². The van der Waals surface area contributed by atoms with Crippen molar-refractivity contribution in [3.63, 3.8) is 0 Å². The summed E-state index contributed by atoms with van der Waals surface area (Å²) in [5, 5.41) is 7.38. The molecule has 140 valence electrons. The van der Waals surface area contributed by atoms with Gasteiger partial charge in [-0.05, 0) is 31.7 Å². The molecule has 1 amide bonds. The molecule has 0 saturated carbocycles. The lowest BCUT2D eigenvalue weighted by Crippen LogP contribution is -2.41. The van der Waals surface area contributed by atoms with Crippen molar-refractivity contribution in [1.29, 1.82) is 0 Å². The Labute approximate surface area is 158 Å². The molecule has 1 aliphatic heterocycles. The molecule has 7 nitrogen and oxygen atoms in total. The lowest BCUT2D eigenvalue weighted by atomic mass is 9.96. The first-order valence-corrected chi connectivity index (χ1v) is 9.44. The Morgan fingerprint density at radius 2 is 2.00 bits per heavy atom. The number of carbonyl (C=O) groups is 1. The summed E-state index contributed by atoms with van der Waals surface area (Å²) in [6.07, 6.45) is 4.08. The average Bonchev–Trinajstić information content (AvgIpc) is 3.16. The highest BCUT2D eigenvalue weighted by Gasteiger charge is 2.26. The summed E-state index contributed by atoms with van der Waals surface area (Å²) >= 11 is 0. The zero-order valence-corrected chi connectivity index (χ0v) is 15.5. The number of nitrogens with zero attached hydrogens (tertiary/aromatic N) is 5. The van der Waals surface area contributed by atoms with Crippen LogP contribution in [-0.4, -0.2) is 45.1 Å². The Hall–Kier alpha value is -2.96. The van der Waals surface area contributed by atoms with E-state index in [1.807, 2.05) is 31.2 Å². The fourth-order valence-electron chi connectivity index (χ4n) is 3.63. The van der Waals surface area contributed by atoms with E-state index in [1.165, 1.54) is 11.9 Å². The summed E-state index contributed by atoms with van der Waals surface area (Å²) in [6.45, 7) is 4.31. The van der Waals surface area contributed by atoms with Gasteiger partial charge in [0.15, 0.2) is 0 Å². The maximum Gasteiger partial charge on any atom is 0.254 e. The molecule has 0 unspecified atom stereocenters. The van der Waals surface area contributed by atoms with E-state index in [1.54, 1.807) is 4.52 Å². The molecule has 0 bridgehead atoms. The number of benzene rings is 1. The van der Waals surface area contributed by atoms with Crippen LogP contribution in [0.4, 0.5) is 5.82 Å². The summed E-state index contributed by atoms with van der Waals surface area (Å²) < 4.78 is 1.77. The lowest BCUT2D eigenvalue weighted by Gasteiger charge is -2.32. The van der Waals surface area contributed by atoms with Crippen LogP contribution >= 0.6 is 0 Å². The molecule has 0 spiro atoms. The van der Waals surface area contributed by atoms with E-state index in [2.05, 4.69) is 37.4 Å². The van der Waals surface area contributed by atoms with Crippen LogP contribution in [0.2, 0.25) is 0 Å². The minimum absolute atomic E-state index is 0.0752. The van der Waals surface area contributed by atoms with E-state index in [4.69, 9.17) is 0 Å². The number of rotatable bonds is 5. The third kappa shape index (κ3) is 3.92. The van der Waals surface area contributed by atoms with E-state index in [0.717, 1.165) is 43.9 Å². The average molecular weight is 364 g/mol. The van der Waals surface area contributed by atoms with Gasteiger partial charge in [0, 0.05) is 37.3 Å². The third-order valence-electron chi connectivity index (χ3n) is 5.11. The van der Waals surface area contributed by atoms with Crippen LogP contribution in [0.1, 0.15) is 24.1 Å². The number of anilines is 1. The number of aryl methyl sites for hydroxylation is 1. The van der Waals surface area contributed by atoms with Crippen LogP contribution in [0.5, 0.6) is 0 Å². The molecule has 1 saturated heterocycles. The van der Waals surface area contributed by atoms with Gasteiger partial charge in [-0.15, -0.1) is 0 Å². The van der Waals surface area contributed by atoms with E-state index in [0.29, 0.717) is 12.3 Å². The van der Waals surface area contributed by atoms with Gasteiger partial charge in [-0.3, -0.25) is 4.79 Å². The van der Waals surface area contributed by atoms with Gasteiger partial charge < -0.3 is 10.2 Å². The largest absolute Gasteiger partial charge is 0.356 e. The minimum atomic E-state index is 0.0752. The molecular formula is C20H24N6O. The first kappa shape index (κ1) is 17.5. The van der Waals surface area contributed by atoms with Crippen LogP contribution in [0.15, 0.2) is 42.7 Å². The molecule has 1 aliphatic rings. The monoisotopic (exact) mass is 364 g/mol. The first-order chi connectivity index (χ1) is 13.2. The molecule has 1 N–H and O–H groups in total. The molecule has 4 rings (SSSR count). The Balaban J connectivity index is 1.32. The highest BCUT2D eigenvalue weighted by Crippen LogP contribution is 2.24. The maximum absolute atomic E-state index is 12.5. The number of hydrogen-bond acceptors (Lipinski definition) is 5. The summed E-state index contributed by atoms with van der Waals surface area (Å²) in [7, 11) is 0. The smallest absolute Gasteiger partial charge is 0.254 e. The van der Waals surface area contributed by atoms with E-state index >= 15 is 0 Å². The van der Waals surface area contributed by atoms with Crippen LogP contribution in [0.3, 0.4) is 0 Å². The molecule has 3 aromatic rings. The number of piperidine rings is 1. The number of fused-ring (bicyclic) bond motifs is 1. The van der Waals surface area contributed by atoms with E-state index in [-0.39, 0.29) is 11.8 Å². The van der Waals surface area contributed by atoms with Crippen LogP contribution < -0.4 is 10.2 Å². The van der Waals surface area contributed by atoms with Gasteiger partial charge in [-0.25, -0.2) is 4.98 Å². The van der Waals surface area contributed by atoms with Gasteiger partial charge in [0.05, 0.1) is 0 Å². The number of carbonyl (C=O) groups excluding carboxylic acids is 1. The summed E-state index contributed by atoms with van der Waals surface area (Å²) in [5.74, 6) is 1.86. The van der Waals surface area contributed by atoms with E-state index < -0.39 is 0 Å². The molecule has 1 fully saturated rings. The SMILES string of the molecule is Cc1cc(N2CCC(C(=O)NCCc3ccccc3)CC2)n2ncnc2n1. The van der Waals surface area contributed by atoms with Gasteiger partial charge in [-0.2, -0.15) is 14.6 Å². The second-order valence-corrected chi connectivity index (χ2v) is 7.02. The van der Waals surface area contributed by atoms with Crippen molar-refractivity contribution in [3.8, 4) is 0 Å². The molecular weight excluding hydrogens is 340 g/mol. The number of nitrogens with one attached hydrogen (secondary N) is 1. The zero-order valence-electron chi connectivity index (χ0n) is 15.5. The molecule has 1 aromatic carbocycles. The Kier molecular flexibility index (Phi) is 5.00. The number of aromatic nitrogens is 4. The van der Waals surface area contributed by atoms with Gasteiger partial charge >= 0.3 is 0 Å². The maximum atomic E-state index is 12.5. The number of amides is 1. The van der Waals surface area contributed by atoms with Crippen molar-refractivity contribution in [3.05, 3.63) is 54.0 Å². The predicted octanol–water partition coefficient (Wildman–Crippen LogP) is 2.01. The Morgan fingerprint density at radius 3 is 2.78 bits per heavy atom. The Morgan fingerprint density at radius 1 is 1.22 bits per heavy atom. The highest BCUT2D eigenvalue weighted by atomic mass is 16.1. The molecule has 0 atom stereocenters. The minimum Gasteiger partial charge on any atom is -0.356 e. The molecule has 3 heterocycles. The molecule has 27 heavy (non-hydrogen) atoms. The second-order valence-electron chi connectivity index (χ2n) is 7.02. The van der Waals surface area contributed by atoms with Crippen LogP contribution in [-0.2, 0) is 11.2 Å². The fourth-order valence-corrected chi connectivity index (χ4v) is 3.63. The highest BCUT2D eigenvalue weighted by molar-refractivity contribution is 5.79. The third-order valence-corrected chi connectivity index (χ3v) is 5.11. The van der Waals surface area contributed by atoms with Crippen molar-refractivity contribution in [2.75, 3.05) is 24.5 Å². The van der Waals surface area contributed by atoms with Gasteiger partial charge in [0.1, 0.15) is 12.1 Å². The summed E-state index contributed by atoms with van der Waals surface area (Å²) in [4.78, 5) is 23.3. The van der Waals surface area contributed by atoms with Crippen molar-refractivity contribution in [2.24, 2.45) is 5.92 Å². The number of hydrogen-bond donors (Lipinski definition) is 1. The van der Waals surface area contributed by atoms with Gasteiger partial charge in [0.2, 0.25) is 5.91 Å². The van der Waals surface area contributed by atoms with Gasteiger partial charge in [0.25, 0.3) is 5.78 Å². The van der Waals surface area contributed by atoms with Crippen molar-refractivity contribution in [1.82, 2.24) is 24.9 Å². The fraction of sp³-hybridized carbons (Fsp3) is 0.400. The predicted molar refractivity (Wildman–Crippen MR) is 104 cm³/mol. The lowest BCUT2D eigenvalue weighted by molar-refractivity contribution is -0.125. The molecule has 0 radical (unpaired) electrons. The van der Waals surface area contributed by atoms with Crippen molar-refractivity contribution in [2.45, 2.75) is 26.2 Å². The van der Waals surface area contributed by atoms with E-state index in [9.17, 15) is 4.79 Å². The summed E-state index contributed by atoms with van der Waals surface area (Å²) in [5.41, 5.74) is 2.17. The van der Waals surface area contributed by atoms with Crippen molar-refractivity contribution >= 4 is 17.5 Å². The second kappa shape index (κ2) is 7.73. The van der Waals surface area contributed by atoms with Gasteiger partial charge in [-0.1, -0.05) is 30.3 Å². The zero-order chi connectivity index (χ0) is 18.6. The summed E-state index contributed by atoms with van der Waals surface area (Å²) in [6, 6.07) is 12.3. The topological polar surface area (TPSA) is 75.4 Å². The first-order valence-electron chi connectivity index (χ1n) is 9.44. The molecule has 2 aromatic heterocycles. The van der Waals surface area contributed by atoms with Crippen LogP contribution in [0, 0.1) is 12.8 Å². The standard InChI is InChI=1S/C20H24N6O/c1-15-13-18(26-20(24-15)22-14-23-26)25-11-8-17(9-12-25)19(27)21-10-7-16-5-3-2-4-6-16/h2-6,13-14,17H,7-12H2,1H3,(H,21,27). The van der Waals surface area contributed by atoms with Crippen LogP contribution in [0.25, 0.3) is 5.78 Å².